The molecule has 0 fully saturated rings. The lowest BCUT2D eigenvalue weighted by molar-refractivity contribution is 0.289. The van der Waals surface area contributed by atoms with Crippen molar-refractivity contribution in [3.8, 4) is 58.8 Å². The molecular weight excluding hydrogens is 593 g/mol. The monoisotopic (exact) mass is 623 g/mol. The first-order valence-corrected chi connectivity index (χ1v) is 16.6. The van der Waals surface area contributed by atoms with Gasteiger partial charge in [-0.3, -0.25) is 4.57 Å². The Morgan fingerprint density at radius 2 is 1.39 bits per heavy atom. The van der Waals surface area contributed by atoms with Crippen molar-refractivity contribution in [1.29, 1.82) is 0 Å². The highest BCUT2D eigenvalue weighted by atomic mass is 31.2. The van der Waals surface area contributed by atoms with Crippen LogP contribution < -0.4 is 28.9 Å². The van der Waals surface area contributed by atoms with E-state index < -0.39 is 13.0 Å². The lowest BCUT2D eigenvalue weighted by Gasteiger charge is -2.35. The van der Waals surface area contributed by atoms with Gasteiger partial charge in [0.15, 0.2) is 18.2 Å². The minimum Gasteiger partial charge on any atom is -0.477 e. The van der Waals surface area contributed by atoms with Gasteiger partial charge < -0.3 is 23.6 Å². The highest BCUT2D eigenvalue weighted by molar-refractivity contribution is 7.68. The van der Waals surface area contributed by atoms with Crippen LogP contribution in [0.4, 0.5) is 5.69 Å². The molecule has 2 heterocycles. The van der Waals surface area contributed by atoms with E-state index in [2.05, 4.69) is 22.8 Å². The van der Waals surface area contributed by atoms with Gasteiger partial charge >= 0.3 is 0 Å². The van der Waals surface area contributed by atoms with Crippen molar-refractivity contribution in [2.24, 2.45) is 0 Å². The minimum absolute atomic E-state index is 0.0284. The van der Waals surface area contributed by atoms with E-state index in [9.17, 15) is 0 Å². The number of para-hydroxylation sites is 2. The van der Waals surface area contributed by atoms with E-state index in [-0.39, 0.29) is 13.2 Å². The van der Waals surface area contributed by atoms with E-state index in [1.807, 2.05) is 103 Å². The topological polar surface area (TPSA) is 57.2 Å². The first-order chi connectivity index (χ1) is 22.6. The Balaban J connectivity index is 1.35. The van der Waals surface area contributed by atoms with Crippen LogP contribution in [0, 0.1) is 24.7 Å². The number of hydrogen-bond donors (Lipinski definition) is 0. The third kappa shape index (κ3) is 5.34. The number of ether oxygens (including phenoxy) is 3. The lowest BCUT2D eigenvalue weighted by Crippen LogP contribution is -2.31. The van der Waals surface area contributed by atoms with Gasteiger partial charge in [0.25, 0.3) is 7.37 Å². The summed E-state index contributed by atoms with van der Waals surface area (Å²) in [5.74, 6) is 7.33. The summed E-state index contributed by atoms with van der Waals surface area (Å²) in [5.41, 5.74) is 4.75. The van der Waals surface area contributed by atoms with E-state index in [4.69, 9.17) is 31.6 Å². The average molecular weight is 624 g/mol. The van der Waals surface area contributed by atoms with Crippen LogP contribution in [0.15, 0.2) is 115 Å². The number of nitrogens with zero attached hydrogens (tertiary/aromatic N) is 1. The Kier molecular flexibility index (Phi) is 7.90. The van der Waals surface area contributed by atoms with Gasteiger partial charge in [-0.05, 0) is 59.2 Å². The molecule has 0 spiro atoms. The third-order valence-corrected chi connectivity index (χ3v) is 11.0. The minimum atomic E-state index is -3.67. The second-order valence-electron chi connectivity index (χ2n) is 11.0. The molecule has 0 saturated carbocycles. The molecule has 5 aromatic rings. The van der Waals surface area contributed by atoms with E-state index >= 15 is 4.57 Å². The molecule has 0 aromatic heterocycles. The Labute approximate surface area is 269 Å². The van der Waals surface area contributed by atoms with Crippen LogP contribution in [0.1, 0.15) is 22.3 Å². The quantitative estimate of drug-likeness (QED) is 0.130. The van der Waals surface area contributed by atoms with Crippen molar-refractivity contribution in [2.75, 3.05) is 24.8 Å². The van der Waals surface area contributed by atoms with Crippen molar-refractivity contribution >= 4 is 18.4 Å². The summed E-state index contributed by atoms with van der Waals surface area (Å²) in [7, 11) is -3.67. The Hall–Kier alpha value is -5.55. The summed E-state index contributed by atoms with van der Waals surface area (Å²) in [6.45, 7) is 1.24. The number of rotatable bonds is 8. The predicted octanol–water partition coefficient (Wildman–Crippen LogP) is 7.82. The zero-order valence-electron chi connectivity index (χ0n) is 25.0. The highest BCUT2D eigenvalue weighted by Gasteiger charge is 2.45. The molecular formula is C39H30NO5P. The maximum atomic E-state index is 15.6. The second kappa shape index (κ2) is 12.4. The molecule has 0 aliphatic carbocycles. The van der Waals surface area contributed by atoms with Crippen LogP contribution in [0.5, 0.6) is 23.0 Å². The molecule has 226 valence electrons. The summed E-state index contributed by atoms with van der Waals surface area (Å²) in [6.07, 6.45) is 11.0. The fraction of sp³-hybridized carbons (Fsp3) is 0.128. The zero-order valence-corrected chi connectivity index (χ0v) is 25.9. The van der Waals surface area contributed by atoms with Crippen molar-refractivity contribution in [3.63, 3.8) is 0 Å². The molecule has 7 rings (SSSR count). The maximum absolute atomic E-state index is 15.6. The number of anilines is 1. The van der Waals surface area contributed by atoms with Gasteiger partial charge in [-0.15, -0.1) is 12.8 Å². The maximum Gasteiger partial charge on any atom is 0.289 e. The zero-order chi connectivity index (χ0) is 31.5. The molecule has 0 bridgehead atoms. The van der Waals surface area contributed by atoms with E-state index in [0.29, 0.717) is 29.3 Å². The van der Waals surface area contributed by atoms with Crippen LogP contribution in [-0.2, 0) is 11.1 Å². The molecule has 2 aliphatic rings. The molecule has 0 radical (unpaired) electrons. The first kappa shape index (κ1) is 29.2. The predicted molar refractivity (Wildman–Crippen MR) is 181 cm³/mol. The van der Waals surface area contributed by atoms with Gasteiger partial charge in [0.2, 0.25) is 0 Å². The van der Waals surface area contributed by atoms with Crippen molar-refractivity contribution in [1.82, 2.24) is 0 Å². The van der Waals surface area contributed by atoms with Crippen molar-refractivity contribution in [3.05, 3.63) is 132 Å². The van der Waals surface area contributed by atoms with Gasteiger partial charge in [0.1, 0.15) is 30.4 Å². The fourth-order valence-corrected chi connectivity index (χ4v) is 8.96. The Morgan fingerprint density at radius 1 is 0.739 bits per heavy atom. The Bertz CT molecular complexity index is 2040. The summed E-state index contributed by atoms with van der Waals surface area (Å²) < 4.78 is 39.9. The molecule has 0 N–H and O–H groups in total. The van der Waals surface area contributed by atoms with E-state index in [0.717, 1.165) is 45.8 Å². The van der Waals surface area contributed by atoms with Gasteiger partial charge in [-0.2, -0.15) is 0 Å². The van der Waals surface area contributed by atoms with Crippen LogP contribution in [0.2, 0.25) is 0 Å². The number of terminal acetylenes is 2. The highest BCUT2D eigenvalue weighted by Crippen LogP contribution is 2.66. The van der Waals surface area contributed by atoms with E-state index in [1.54, 1.807) is 6.07 Å². The first-order valence-electron chi connectivity index (χ1n) is 14.9. The molecule has 2 aliphatic heterocycles. The number of benzene rings is 5. The Morgan fingerprint density at radius 3 is 2.17 bits per heavy atom. The lowest BCUT2D eigenvalue weighted by atomic mass is 10.0. The molecule has 6 nitrogen and oxygen atoms in total. The fourth-order valence-electron chi connectivity index (χ4n) is 6.09. The van der Waals surface area contributed by atoms with E-state index in [1.165, 1.54) is 0 Å². The molecule has 46 heavy (non-hydrogen) atoms. The average Bonchev–Trinajstić information content (AvgIpc) is 3.10. The molecule has 2 unspecified atom stereocenters. The van der Waals surface area contributed by atoms with Crippen LogP contribution in [-0.4, -0.2) is 19.9 Å². The largest absolute Gasteiger partial charge is 0.477 e. The molecule has 0 amide bonds. The van der Waals surface area contributed by atoms with Gasteiger partial charge in [-0.1, -0.05) is 84.6 Å². The molecule has 5 aromatic carbocycles. The molecule has 2 atom stereocenters. The molecule has 7 heteroatoms. The van der Waals surface area contributed by atoms with Gasteiger partial charge in [-0.25, -0.2) is 0 Å². The standard InChI is InChI=1S/C39H30NO5P/c1-3-23-42-36-22-19-29(25-37(36)43-24-4-2)39(46(41)38-16-10-7-13-33(38)32-12-6-9-15-35(32)45-46)28-17-20-31(21-18-28)40-26-30-11-5-8-14-34(30)44-27-40/h1-2,5-22,25,39H,23-24,26-27H2. The van der Waals surface area contributed by atoms with Crippen LogP contribution in [0.3, 0.4) is 0 Å². The summed E-state index contributed by atoms with van der Waals surface area (Å²) in [4.78, 5) is 2.16. The smallest absolute Gasteiger partial charge is 0.289 e. The summed E-state index contributed by atoms with van der Waals surface area (Å²) in [6, 6.07) is 37.1. The van der Waals surface area contributed by atoms with Gasteiger partial charge in [0.05, 0.1) is 5.30 Å². The number of fused-ring (bicyclic) bond motifs is 4. The summed E-state index contributed by atoms with van der Waals surface area (Å²) in [5, 5.41) is 0.655. The summed E-state index contributed by atoms with van der Waals surface area (Å²) >= 11 is 0. The van der Waals surface area contributed by atoms with Gasteiger partial charge in [0, 0.05) is 23.4 Å². The van der Waals surface area contributed by atoms with Crippen molar-refractivity contribution < 1.29 is 23.3 Å². The second-order valence-corrected chi connectivity index (χ2v) is 13.3. The van der Waals surface area contributed by atoms with Crippen LogP contribution in [0.25, 0.3) is 11.1 Å². The SMILES string of the molecule is C#CCOc1ccc(C(c2ccc(N3COc4ccccc4C3)cc2)P2(=O)Oc3ccccc3-c3ccccc32)cc1OCC#C. The van der Waals surface area contributed by atoms with Crippen molar-refractivity contribution in [2.45, 2.75) is 12.2 Å². The third-order valence-electron chi connectivity index (χ3n) is 8.18. The normalized spacial score (nSPS) is 16.6. The number of hydrogen-bond acceptors (Lipinski definition) is 6. The van der Waals surface area contributed by atoms with Crippen LogP contribution >= 0.6 is 7.37 Å². The molecule has 0 saturated heterocycles.